The second-order valence-electron chi connectivity index (χ2n) is 4.52. The van der Waals surface area contributed by atoms with Crippen LogP contribution in [0.1, 0.15) is 17.4 Å². The highest BCUT2D eigenvalue weighted by molar-refractivity contribution is 7.11. The maximum absolute atomic E-state index is 12.3. The van der Waals surface area contributed by atoms with Crippen molar-refractivity contribution in [2.75, 3.05) is 11.9 Å². The van der Waals surface area contributed by atoms with Gasteiger partial charge in [-0.05, 0) is 49.1 Å². The molecule has 0 saturated carbocycles. The van der Waals surface area contributed by atoms with Crippen LogP contribution in [0, 0.1) is 18.3 Å². The fraction of sp³-hybridized carbons (Fsp3) is 0.176. The van der Waals surface area contributed by atoms with Crippen LogP contribution in [0.4, 0.5) is 5.69 Å². The molecule has 0 aliphatic heterocycles. The molecular weight excluding hydrogens is 296 g/mol. The van der Waals surface area contributed by atoms with Gasteiger partial charge in [0.05, 0.1) is 12.3 Å². The SMILES string of the molecule is CCOc1ccccc1NC(=O)/C(C#N)=C/c1sccc1C. The second-order valence-corrected chi connectivity index (χ2v) is 5.47. The summed E-state index contributed by atoms with van der Waals surface area (Å²) < 4.78 is 5.46. The fourth-order valence-corrected chi connectivity index (χ4v) is 2.71. The topological polar surface area (TPSA) is 62.1 Å². The number of carbonyl (C=O) groups is 1. The maximum atomic E-state index is 12.3. The molecule has 4 nitrogen and oxygen atoms in total. The van der Waals surface area contributed by atoms with E-state index in [0.29, 0.717) is 18.0 Å². The summed E-state index contributed by atoms with van der Waals surface area (Å²) in [6.07, 6.45) is 1.61. The zero-order chi connectivity index (χ0) is 15.9. The number of nitrogens with zero attached hydrogens (tertiary/aromatic N) is 1. The molecule has 22 heavy (non-hydrogen) atoms. The van der Waals surface area contributed by atoms with Crippen LogP contribution in [-0.2, 0) is 4.79 Å². The molecule has 1 N–H and O–H groups in total. The number of carbonyl (C=O) groups excluding carboxylic acids is 1. The Morgan fingerprint density at radius 3 is 2.82 bits per heavy atom. The Balaban J connectivity index is 2.23. The van der Waals surface area contributed by atoms with E-state index in [1.165, 1.54) is 11.3 Å². The van der Waals surface area contributed by atoms with Crippen LogP contribution in [0.3, 0.4) is 0 Å². The lowest BCUT2D eigenvalue weighted by Gasteiger charge is -2.10. The van der Waals surface area contributed by atoms with Gasteiger partial charge in [-0.3, -0.25) is 4.79 Å². The lowest BCUT2D eigenvalue weighted by molar-refractivity contribution is -0.112. The molecule has 1 amide bonds. The normalized spacial score (nSPS) is 10.9. The summed E-state index contributed by atoms with van der Waals surface area (Å²) in [6.45, 7) is 4.32. The minimum atomic E-state index is -0.442. The van der Waals surface area contributed by atoms with Gasteiger partial charge < -0.3 is 10.1 Å². The van der Waals surface area contributed by atoms with E-state index >= 15 is 0 Å². The van der Waals surface area contributed by atoms with Crippen molar-refractivity contribution in [3.05, 3.63) is 51.7 Å². The zero-order valence-electron chi connectivity index (χ0n) is 12.4. The predicted molar refractivity (Wildman–Crippen MR) is 88.9 cm³/mol. The fourth-order valence-electron chi connectivity index (χ4n) is 1.85. The molecule has 0 aliphatic carbocycles. The van der Waals surface area contributed by atoms with Gasteiger partial charge in [-0.15, -0.1) is 11.3 Å². The minimum absolute atomic E-state index is 0.0665. The van der Waals surface area contributed by atoms with Gasteiger partial charge in [-0.25, -0.2) is 0 Å². The number of nitriles is 1. The van der Waals surface area contributed by atoms with E-state index in [-0.39, 0.29) is 5.57 Å². The number of aryl methyl sites for hydroxylation is 1. The van der Waals surface area contributed by atoms with Crippen molar-refractivity contribution in [1.29, 1.82) is 5.26 Å². The minimum Gasteiger partial charge on any atom is -0.492 e. The molecule has 0 fully saturated rings. The third-order valence-corrected chi connectivity index (χ3v) is 3.94. The Morgan fingerprint density at radius 1 is 1.41 bits per heavy atom. The quantitative estimate of drug-likeness (QED) is 0.670. The van der Waals surface area contributed by atoms with Gasteiger partial charge in [0.25, 0.3) is 5.91 Å². The first-order valence-corrected chi connectivity index (χ1v) is 7.72. The predicted octanol–water partition coefficient (Wildman–Crippen LogP) is 4.00. The van der Waals surface area contributed by atoms with Crippen molar-refractivity contribution in [1.82, 2.24) is 0 Å². The van der Waals surface area contributed by atoms with E-state index in [1.54, 1.807) is 24.3 Å². The number of nitrogens with one attached hydrogen (secondary N) is 1. The van der Waals surface area contributed by atoms with Gasteiger partial charge in [0, 0.05) is 4.88 Å². The molecule has 1 heterocycles. The number of hydrogen-bond donors (Lipinski definition) is 1. The monoisotopic (exact) mass is 312 g/mol. The van der Waals surface area contributed by atoms with Gasteiger partial charge >= 0.3 is 0 Å². The molecule has 5 heteroatoms. The van der Waals surface area contributed by atoms with Crippen molar-refractivity contribution in [3.8, 4) is 11.8 Å². The number of para-hydroxylation sites is 2. The Bertz CT molecular complexity index is 741. The van der Waals surface area contributed by atoms with E-state index in [9.17, 15) is 10.1 Å². The van der Waals surface area contributed by atoms with Gasteiger partial charge in [0.1, 0.15) is 17.4 Å². The molecule has 0 aliphatic rings. The molecule has 1 aromatic heterocycles. The summed E-state index contributed by atoms with van der Waals surface area (Å²) >= 11 is 1.50. The van der Waals surface area contributed by atoms with Crippen LogP contribution in [0.15, 0.2) is 41.3 Å². The lowest BCUT2D eigenvalue weighted by Crippen LogP contribution is -2.14. The Kier molecular flexibility index (Phi) is 5.34. The van der Waals surface area contributed by atoms with Crippen LogP contribution >= 0.6 is 11.3 Å². The number of rotatable bonds is 5. The van der Waals surface area contributed by atoms with Crippen molar-refractivity contribution < 1.29 is 9.53 Å². The lowest BCUT2D eigenvalue weighted by atomic mass is 10.2. The van der Waals surface area contributed by atoms with Gasteiger partial charge in [0.15, 0.2) is 0 Å². The number of anilines is 1. The zero-order valence-corrected chi connectivity index (χ0v) is 13.2. The van der Waals surface area contributed by atoms with E-state index in [0.717, 1.165) is 10.4 Å². The number of hydrogen-bond acceptors (Lipinski definition) is 4. The first-order chi connectivity index (χ1) is 10.7. The Hall–Kier alpha value is -2.58. The third kappa shape index (κ3) is 3.74. The van der Waals surface area contributed by atoms with Gasteiger partial charge in [-0.1, -0.05) is 12.1 Å². The van der Waals surface area contributed by atoms with E-state index in [2.05, 4.69) is 5.32 Å². The summed E-state index contributed by atoms with van der Waals surface area (Å²) in [5.41, 5.74) is 1.66. The molecule has 1 aromatic carbocycles. The van der Waals surface area contributed by atoms with Crippen molar-refractivity contribution in [2.45, 2.75) is 13.8 Å². The summed E-state index contributed by atoms with van der Waals surface area (Å²) in [6, 6.07) is 11.1. The van der Waals surface area contributed by atoms with Crippen molar-refractivity contribution >= 4 is 29.0 Å². The third-order valence-electron chi connectivity index (χ3n) is 2.98. The molecule has 0 unspecified atom stereocenters. The van der Waals surface area contributed by atoms with Crippen LogP contribution in [-0.4, -0.2) is 12.5 Å². The number of benzene rings is 1. The van der Waals surface area contributed by atoms with Crippen LogP contribution in [0.2, 0.25) is 0 Å². The smallest absolute Gasteiger partial charge is 0.266 e. The first-order valence-electron chi connectivity index (χ1n) is 6.84. The van der Waals surface area contributed by atoms with Crippen LogP contribution in [0.25, 0.3) is 6.08 Å². The molecule has 112 valence electrons. The molecule has 0 atom stereocenters. The highest BCUT2D eigenvalue weighted by Crippen LogP contribution is 2.25. The van der Waals surface area contributed by atoms with E-state index in [4.69, 9.17) is 4.74 Å². The molecule has 0 spiro atoms. The summed E-state index contributed by atoms with van der Waals surface area (Å²) in [4.78, 5) is 13.2. The van der Waals surface area contributed by atoms with Gasteiger partial charge in [0.2, 0.25) is 0 Å². The average molecular weight is 312 g/mol. The Labute approximate surface area is 133 Å². The summed E-state index contributed by atoms with van der Waals surface area (Å²) in [7, 11) is 0. The molecule has 0 bridgehead atoms. The van der Waals surface area contributed by atoms with Crippen LogP contribution in [0.5, 0.6) is 5.75 Å². The van der Waals surface area contributed by atoms with Crippen molar-refractivity contribution in [3.63, 3.8) is 0 Å². The van der Waals surface area contributed by atoms with E-state index < -0.39 is 5.91 Å². The molecule has 2 rings (SSSR count). The second kappa shape index (κ2) is 7.43. The number of thiophene rings is 1. The maximum Gasteiger partial charge on any atom is 0.266 e. The highest BCUT2D eigenvalue weighted by atomic mass is 32.1. The Morgan fingerprint density at radius 2 is 2.18 bits per heavy atom. The molecule has 2 aromatic rings. The first kappa shape index (κ1) is 15.8. The number of amides is 1. The highest BCUT2D eigenvalue weighted by Gasteiger charge is 2.13. The average Bonchev–Trinajstić information content (AvgIpc) is 2.92. The summed E-state index contributed by atoms with van der Waals surface area (Å²) in [5, 5.41) is 13.9. The van der Waals surface area contributed by atoms with Gasteiger partial charge in [-0.2, -0.15) is 5.26 Å². The largest absolute Gasteiger partial charge is 0.492 e. The number of ether oxygens (including phenoxy) is 1. The standard InChI is InChI=1S/C17H16N2O2S/c1-3-21-15-7-5-4-6-14(15)19-17(20)13(11-18)10-16-12(2)8-9-22-16/h4-10H,3H2,1-2H3,(H,19,20)/b13-10+. The summed E-state index contributed by atoms with van der Waals surface area (Å²) in [5.74, 6) is 0.144. The molecular formula is C17H16N2O2S. The van der Waals surface area contributed by atoms with Crippen molar-refractivity contribution in [2.24, 2.45) is 0 Å². The molecule has 0 radical (unpaired) electrons. The van der Waals surface area contributed by atoms with Crippen LogP contribution < -0.4 is 10.1 Å². The molecule has 0 saturated heterocycles. The van der Waals surface area contributed by atoms with E-state index in [1.807, 2.05) is 37.4 Å².